The number of fused-ring (bicyclic) bond motifs is 1. The van der Waals surface area contributed by atoms with Gasteiger partial charge in [0, 0.05) is 31.7 Å². The van der Waals surface area contributed by atoms with Crippen LogP contribution < -0.4 is 5.32 Å². The number of ether oxygens (including phenoxy) is 2. The van der Waals surface area contributed by atoms with Crippen molar-refractivity contribution >= 4 is 11.9 Å². The molecule has 2 fully saturated rings. The molecule has 0 bridgehead atoms. The first-order chi connectivity index (χ1) is 12.1. The Kier molecular flexibility index (Phi) is 7.80. The molecule has 0 radical (unpaired) electrons. The van der Waals surface area contributed by atoms with Gasteiger partial charge in [-0.05, 0) is 5.56 Å². The zero-order valence-corrected chi connectivity index (χ0v) is 14.0. The number of nitrogens with one attached hydrogen (secondary N) is 1. The summed E-state index contributed by atoms with van der Waals surface area (Å²) in [5.41, 5.74) is 1.24. The number of carboxylic acid groups (broad SMARTS) is 2. The summed E-state index contributed by atoms with van der Waals surface area (Å²) in [7, 11) is 0. The molecule has 25 heavy (non-hydrogen) atoms. The van der Waals surface area contributed by atoms with Crippen molar-refractivity contribution in [1.29, 1.82) is 0 Å². The van der Waals surface area contributed by atoms with E-state index in [9.17, 15) is 0 Å². The van der Waals surface area contributed by atoms with E-state index in [-0.39, 0.29) is 0 Å². The van der Waals surface area contributed by atoms with Gasteiger partial charge in [0.05, 0.1) is 26.4 Å². The van der Waals surface area contributed by atoms with Crippen LogP contribution in [0.4, 0.5) is 0 Å². The Bertz CT molecular complexity index is 541. The fraction of sp³-hybridized carbons (Fsp3) is 0.529. The van der Waals surface area contributed by atoms with Gasteiger partial charge in [0.25, 0.3) is 0 Å². The number of benzene rings is 1. The molecule has 2 aliphatic heterocycles. The molecule has 2 aliphatic rings. The molecule has 3 rings (SSSR count). The third-order valence-electron chi connectivity index (χ3n) is 4.06. The van der Waals surface area contributed by atoms with Crippen LogP contribution in [0.3, 0.4) is 0 Å². The number of morpholine rings is 1. The van der Waals surface area contributed by atoms with Crippen molar-refractivity contribution in [3.05, 3.63) is 35.9 Å². The second kappa shape index (κ2) is 10.1. The molecular weight excluding hydrogens is 328 g/mol. The van der Waals surface area contributed by atoms with Crippen molar-refractivity contribution in [2.75, 3.05) is 39.5 Å². The van der Waals surface area contributed by atoms with E-state index in [1.54, 1.807) is 0 Å². The Labute approximate surface area is 146 Å². The monoisotopic (exact) mass is 352 g/mol. The molecule has 0 aromatic heterocycles. The van der Waals surface area contributed by atoms with Crippen LogP contribution in [0.15, 0.2) is 30.3 Å². The molecule has 0 amide bonds. The largest absolute Gasteiger partial charge is 0.473 e. The number of carbonyl (C=O) groups is 2. The van der Waals surface area contributed by atoms with Gasteiger partial charge in [-0.25, -0.2) is 9.59 Å². The summed E-state index contributed by atoms with van der Waals surface area (Å²) in [6.45, 7) is 6.35. The van der Waals surface area contributed by atoms with Gasteiger partial charge in [-0.3, -0.25) is 4.90 Å². The maximum Gasteiger partial charge on any atom is 0.414 e. The van der Waals surface area contributed by atoms with Gasteiger partial charge in [-0.2, -0.15) is 0 Å². The highest BCUT2D eigenvalue weighted by Crippen LogP contribution is 2.12. The molecule has 2 heterocycles. The molecule has 0 saturated carbocycles. The highest BCUT2D eigenvalue weighted by Gasteiger charge is 2.30. The first-order valence-electron chi connectivity index (χ1n) is 8.19. The molecule has 0 spiro atoms. The molecule has 1 aromatic carbocycles. The predicted molar refractivity (Wildman–Crippen MR) is 89.3 cm³/mol. The van der Waals surface area contributed by atoms with Gasteiger partial charge < -0.3 is 25.0 Å². The van der Waals surface area contributed by atoms with Gasteiger partial charge in [0.1, 0.15) is 0 Å². The maximum absolute atomic E-state index is 9.10. The first kappa shape index (κ1) is 19.3. The van der Waals surface area contributed by atoms with Crippen molar-refractivity contribution in [1.82, 2.24) is 10.2 Å². The highest BCUT2D eigenvalue weighted by atomic mass is 16.5. The maximum atomic E-state index is 9.10. The van der Waals surface area contributed by atoms with Crippen LogP contribution >= 0.6 is 0 Å². The van der Waals surface area contributed by atoms with Crippen LogP contribution in [-0.4, -0.2) is 78.6 Å². The van der Waals surface area contributed by atoms with Crippen LogP contribution in [0.25, 0.3) is 0 Å². The van der Waals surface area contributed by atoms with Gasteiger partial charge in [0.15, 0.2) is 0 Å². The molecule has 2 atom stereocenters. The summed E-state index contributed by atoms with van der Waals surface area (Å²) < 4.78 is 11.3. The Morgan fingerprint density at radius 1 is 1.24 bits per heavy atom. The number of aliphatic carboxylic acids is 2. The molecule has 8 heteroatoms. The summed E-state index contributed by atoms with van der Waals surface area (Å²) in [6.07, 6.45) is 0. The summed E-state index contributed by atoms with van der Waals surface area (Å²) >= 11 is 0. The molecule has 0 aliphatic carbocycles. The normalized spacial score (nSPS) is 23.0. The standard InChI is InChI=1S/C15H22N2O2.C2H2O4/c1-2-4-13(5-3-1)10-19-11-14-9-17-6-7-18-12-15(17)8-16-14;3-1(4)2(5)6/h1-5,14-16H,6-12H2;(H,3,4)(H,5,6)/t14-,15-;/m0./s1. The second-order valence-corrected chi connectivity index (χ2v) is 5.94. The van der Waals surface area contributed by atoms with E-state index in [4.69, 9.17) is 29.3 Å². The highest BCUT2D eigenvalue weighted by molar-refractivity contribution is 6.27. The van der Waals surface area contributed by atoms with E-state index < -0.39 is 11.9 Å². The lowest BCUT2D eigenvalue weighted by Gasteiger charge is -2.42. The lowest BCUT2D eigenvalue weighted by molar-refractivity contribution is -0.159. The number of carboxylic acids is 2. The van der Waals surface area contributed by atoms with Crippen molar-refractivity contribution < 1.29 is 29.3 Å². The van der Waals surface area contributed by atoms with Gasteiger partial charge in [-0.1, -0.05) is 30.3 Å². The van der Waals surface area contributed by atoms with Gasteiger partial charge >= 0.3 is 11.9 Å². The Balaban J connectivity index is 0.000000326. The fourth-order valence-corrected chi connectivity index (χ4v) is 2.77. The van der Waals surface area contributed by atoms with Gasteiger partial charge in [-0.15, -0.1) is 0 Å². The third-order valence-corrected chi connectivity index (χ3v) is 4.06. The van der Waals surface area contributed by atoms with E-state index in [0.29, 0.717) is 18.7 Å². The number of rotatable bonds is 4. The van der Waals surface area contributed by atoms with Crippen LogP contribution in [0, 0.1) is 0 Å². The van der Waals surface area contributed by atoms with Crippen LogP contribution in [0.5, 0.6) is 0 Å². The first-order valence-corrected chi connectivity index (χ1v) is 8.19. The van der Waals surface area contributed by atoms with E-state index in [0.717, 1.165) is 39.5 Å². The number of piperazine rings is 1. The molecule has 2 saturated heterocycles. The molecule has 3 N–H and O–H groups in total. The predicted octanol–water partition coefficient (Wildman–Crippen LogP) is 0.0314. The number of nitrogens with zero attached hydrogens (tertiary/aromatic N) is 1. The number of hydrogen-bond donors (Lipinski definition) is 3. The molecule has 1 aromatic rings. The molecular formula is C17H24N2O6. The SMILES string of the molecule is O=C(O)C(=O)O.c1ccc(COC[C@@H]2CN3CCOC[C@@H]3CN2)cc1. The van der Waals surface area contributed by atoms with E-state index in [2.05, 4.69) is 34.5 Å². The third kappa shape index (κ3) is 6.79. The van der Waals surface area contributed by atoms with Crippen molar-refractivity contribution in [2.45, 2.75) is 18.7 Å². The fourth-order valence-electron chi connectivity index (χ4n) is 2.77. The number of hydrogen-bond acceptors (Lipinski definition) is 6. The zero-order valence-electron chi connectivity index (χ0n) is 14.0. The Hall–Kier alpha value is -2.00. The summed E-state index contributed by atoms with van der Waals surface area (Å²) in [4.78, 5) is 20.7. The topological polar surface area (TPSA) is 108 Å². The molecule has 0 unspecified atom stereocenters. The minimum absolute atomic E-state index is 0.443. The van der Waals surface area contributed by atoms with E-state index >= 15 is 0 Å². The quantitative estimate of drug-likeness (QED) is 0.652. The summed E-state index contributed by atoms with van der Waals surface area (Å²) in [5.74, 6) is -3.65. The van der Waals surface area contributed by atoms with E-state index in [1.807, 2.05) is 6.07 Å². The lowest BCUT2D eigenvalue weighted by Crippen LogP contribution is -2.61. The average molecular weight is 352 g/mol. The minimum Gasteiger partial charge on any atom is -0.473 e. The van der Waals surface area contributed by atoms with Crippen molar-refractivity contribution in [2.24, 2.45) is 0 Å². The van der Waals surface area contributed by atoms with E-state index in [1.165, 1.54) is 5.56 Å². The van der Waals surface area contributed by atoms with Gasteiger partial charge in [0.2, 0.25) is 0 Å². The minimum atomic E-state index is -1.82. The Morgan fingerprint density at radius 3 is 2.64 bits per heavy atom. The van der Waals surface area contributed by atoms with Crippen LogP contribution in [0.2, 0.25) is 0 Å². The smallest absolute Gasteiger partial charge is 0.414 e. The summed E-state index contributed by atoms with van der Waals surface area (Å²) in [5, 5.41) is 18.3. The second-order valence-electron chi connectivity index (χ2n) is 5.94. The molecule has 8 nitrogen and oxygen atoms in total. The van der Waals surface area contributed by atoms with Crippen LogP contribution in [0.1, 0.15) is 5.56 Å². The lowest BCUT2D eigenvalue weighted by atomic mass is 10.1. The average Bonchev–Trinajstić information content (AvgIpc) is 2.63. The Morgan fingerprint density at radius 2 is 1.96 bits per heavy atom. The molecule has 138 valence electrons. The zero-order chi connectivity index (χ0) is 18.1. The van der Waals surface area contributed by atoms with Crippen LogP contribution in [-0.2, 0) is 25.7 Å². The van der Waals surface area contributed by atoms with Crippen molar-refractivity contribution in [3.63, 3.8) is 0 Å². The van der Waals surface area contributed by atoms with Crippen molar-refractivity contribution in [3.8, 4) is 0 Å². The summed E-state index contributed by atoms with van der Waals surface area (Å²) in [6, 6.07) is 11.3.